The molecule has 5 nitrogen and oxygen atoms in total. The molecule has 1 N–H and O–H groups in total. The van der Waals surface area contributed by atoms with Crippen molar-refractivity contribution in [3.63, 3.8) is 0 Å². The van der Waals surface area contributed by atoms with Gasteiger partial charge in [0.25, 0.3) is 0 Å². The minimum absolute atomic E-state index is 0.312. The number of carboxylic acid groups (broad SMARTS) is 1. The van der Waals surface area contributed by atoms with Crippen LogP contribution in [-0.4, -0.2) is 26.3 Å². The number of carbonyl (C=O) groups is 1. The zero-order chi connectivity index (χ0) is 13.8. The van der Waals surface area contributed by atoms with E-state index in [1.54, 1.807) is 18.2 Å². The fourth-order valence-electron chi connectivity index (χ4n) is 1.50. The Bertz CT molecular complexity index is 617. The van der Waals surface area contributed by atoms with Gasteiger partial charge in [-0.05, 0) is 25.5 Å². The van der Waals surface area contributed by atoms with E-state index < -0.39 is 5.97 Å². The molecule has 6 heteroatoms. The van der Waals surface area contributed by atoms with E-state index in [2.05, 4.69) is 15.2 Å². The Hall–Kier alpha value is -1.95. The number of aromatic nitrogens is 3. The second-order valence-corrected chi connectivity index (χ2v) is 4.96. The first-order valence-electron chi connectivity index (χ1n) is 5.70. The van der Waals surface area contributed by atoms with Gasteiger partial charge in [0.05, 0.1) is 17.0 Å². The molecule has 0 radical (unpaired) electrons. The number of benzene rings is 1. The second-order valence-electron chi connectivity index (χ2n) is 4.02. The lowest BCUT2D eigenvalue weighted by Crippen LogP contribution is -2.02. The standard InChI is InChI=1S/C13H13N3O2S/c1-8-9(2)15-16-13(14-8)19-7-10-5-3-4-6-11(10)12(17)18/h3-6H,7H2,1-2H3,(H,17,18). The maximum atomic E-state index is 11.1. The molecule has 1 aromatic carbocycles. The monoisotopic (exact) mass is 275 g/mol. The predicted molar refractivity (Wildman–Crippen MR) is 72.3 cm³/mol. The Kier molecular flexibility index (Phi) is 4.11. The molecule has 0 aliphatic rings. The van der Waals surface area contributed by atoms with Gasteiger partial charge in [-0.15, -0.1) is 5.10 Å². The van der Waals surface area contributed by atoms with Gasteiger partial charge in [-0.1, -0.05) is 30.0 Å². The van der Waals surface area contributed by atoms with E-state index >= 15 is 0 Å². The van der Waals surface area contributed by atoms with Crippen LogP contribution in [0, 0.1) is 13.8 Å². The maximum absolute atomic E-state index is 11.1. The molecular formula is C13H13N3O2S. The summed E-state index contributed by atoms with van der Waals surface area (Å²) in [5.41, 5.74) is 2.70. The summed E-state index contributed by atoms with van der Waals surface area (Å²) in [6.07, 6.45) is 0. The van der Waals surface area contributed by atoms with Crippen LogP contribution in [0.5, 0.6) is 0 Å². The van der Waals surface area contributed by atoms with Crippen molar-refractivity contribution in [1.29, 1.82) is 0 Å². The Morgan fingerprint density at radius 2 is 1.95 bits per heavy atom. The van der Waals surface area contributed by atoms with Crippen molar-refractivity contribution in [3.05, 3.63) is 46.8 Å². The third-order valence-electron chi connectivity index (χ3n) is 2.68. The quantitative estimate of drug-likeness (QED) is 0.864. The number of aromatic carboxylic acids is 1. The Morgan fingerprint density at radius 3 is 2.63 bits per heavy atom. The van der Waals surface area contributed by atoms with Gasteiger partial charge in [0, 0.05) is 5.75 Å². The molecule has 0 fully saturated rings. The van der Waals surface area contributed by atoms with Crippen LogP contribution in [0.15, 0.2) is 29.4 Å². The normalized spacial score (nSPS) is 10.4. The molecule has 1 aromatic heterocycles. The number of rotatable bonds is 4. The Balaban J connectivity index is 2.14. The molecule has 19 heavy (non-hydrogen) atoms. The van der Waals surface area contributed by atoms with Gasteiger partial charge >= 0.3 is 5.97 Å². The van der Waals surface area contributed by atoms with E-state index in [0.717, 1.165) is 17.0 Å². The summed E-state index contributed by atoms with van der Waals surface area (Å²) in [7, 11) is 0. The lowest BCUT2D eigenvalue weighted by Gasteiger charge is -2.05. The number of hydrogen-bond acceptors (Lipinski definition) is 5. The average molecular weight is 275 g/mol. The molecule has 0 aliphatic carbocycles. The van der Waals surface area contributed by atoms with Gasteiger partial charge in [-0.2, -0.15) is 5.10 Å². The summed E-state index contributed by atoms with van der Waals surface area (Å²) in [5.74, 6) is -0.414. The lowest BCUT2D eigenvalue weighted by atomic mass is 10.1. The Morgan fingerprint density at radius 1 is 1.21 bits per heavy atom. The number of carboxylic acids is 1. The third-order valence-corrected chi connectivity index (χ3v) is 3.56. The number of aryl methyl sites for hydroxylation is 2. The molecule has 0 saturated heterocycles. The van der Waals surface area contributed by atoms with Crippen molar-refractivity contribution in [1.82, 2.24) is 15.2 Å². The first-order valence-corrected chi connectivity index (χ1v) is 6.68. The van der Waals surface area contributed by atoms with Crippen LogP contribution in [0.1, 0.15) is 27.3 Å². The van der Waals surface area contributed by atoms with Gasteiger partial charge in [-0.3, -0.25) is 0 Å². The van der Waals surface area contributed by atoms with Crippen molar-refractivity contribution < 1.29 is 9.90 Å². The van der Waals surface area contributed by atoms with Crippen molar-refractivity contribution in [2.45, 2.75) is 24.8 Å². The molecule has 0 atom stereocenters. The highest BCUT2D eigenvalue weighted by molar-refractivity contribution is 7.98. The van der Waals surface area contributed by atoms with Gasteiger partial charge in [0.1, 0.15) is 0 Å². The summed E-state index contributed by atoms with van der Waals surface area (Å²) in [4.78, 5) is 15.4. The SMILES string of the molecule is Cc1nnc(SCc2ccccc2C(=O)O)nc1C. The minimum Gasteiger partial charge on any atom is -0.478 e. The van der Waals surface area contributed by atoms with E-state index in [1.165, 1.54) is 11.8 Å². The van der Waals surface area contributed by atoms with Crippen LogP contribution in [-0.2, 0) is 5.75 Å². The highest BCUT2D eigenvalue weighted by Gasteiger charge is 2.10. The molecule has 0 spiro atoms. The summed E-state index contributed by atoms with van der Waals surface area (Å²) in [6, 6.07) is 6.93. The topological polar surface area (TPSA) is 76.0 Å². The summed E-state index contributed by atoms with van der Waals surface area (Å²) in [6.45, 7) is 3.72. The highest BCUT2D eigenvalue weighted by Crippen LogP contribution is 2.21. The van der Waals surface area contributed by atoms with E-state index in [0.29, 0.717) is 16.5 Å². The first-order chi connectivity index (χ1) is 9.08. The molecule has 0 bridgehead atoms. The van der Waals surface area contributed by atoms with Gasteiger partial charge in [0.2, 0.25) is 5.16 Å². The second kappa shape index (κ2) is 5.79. The molecule has 2 rings (SSSR count). The summed E-state index contributed by atoms with van der Waals surface area (Å²) < 4.78 is 0. The fourth-order valence-corrected chi connectivity index (χ4v) is 2.33. The first kappa shape index (κ1) is 13.5. The minimum atomic E-state index is -0.921. The van der Waals surface area contributed by atoms with E-state index in [1.807, 2.05) is 19.9 Å². The summed E-state index contributed by atoms with van der Waals surface area (Å²) >= 11 is 1.38. The number of hydrogen-bond donors (Lipinski definition) is 1. The van der Waals surface area contributed by atoms with Crippen LogP contribution in [0.2, 0.25) is 0 Å². The highest BCUT2D eigenvalue weighted by atomic mass is 32.2. The molecule has 1 heterocycles. The van der Waals surface area contributed by atoms with Gasteiger partial charge in [-0.25, -0.2) is 9.78 Å². The van der Waals surface area contributed by atoms with Crippen LogP contribution in [0.3, 0.4) is 0 Å². The largest absolute Gasteiger partial charge is 0.478 e. The van der Waals surface area contributed by atoms with Crippen molar-refractivity contribution >= 4 is 17.7 Å². The average Bonchev–Trinajstić information content (AvgIpc) is 2.40. The van der Waals surface area contributed by atoms with Crippen molar-refractivity contribution in [2.75, 3.05) is 0 Å². The smallest absolute Gasteiger partial charge is 0.335 e. The van der Waals surface area contributed by atoms with Crippen LogP contribution < -0.4 is 0 Å². The molecule has 0 unspecified atom stereocenters. The van der Waals surface area contributed by atoms with Crippen molar-refractivity contribution in [3.8, 4) is 0 Å². The van der Waals surface area contributed by atoms with Gasteiger partial charge < -0.3 is 5.11 Å². The van der Waals surface area contributed by atoms with E-state index in [9.17, 15) is 4.79 Å². The molecule has 0 saturated carbocycles. The van der Waals surface area contributed by atoms with E-state index in [4.69, 9.17) is 5.11 Å². The molecule has 2 aromatic rings. The van der Waals surface area contributed by atoms with E-state index in [-0.39, 0.29) is 0 Å². The van der Waals surface area contributed by atoms with Crippen molar-refractivity contribution in [2.24, 2.45) is 0 Å². The number of thioether (sulfide) groups is 1. The molecule has 0 amide bonds. The van der Waals surface area contributed by atoms with Crippen LogP contribution in [0.4, 0.5) is 0 Å². The zero-order valence-electron chi connectivity index (χ0n) is 10.6. The third kappa shape index (κ3) is 3.29. The molecular weight excluding hydrogens is 262 g/mol. The Labute approximate surface area is 115 Å². The van der Waals surface area contributed by atoms with Gasteiger partial charge in [0.15, 0.2) is 0 Å². The number of nitrogens with zero attached hydrogens (tertiary/aromatic N) is 3. The maximum Gasteiger partial charge on any atom is 0.335 e. The fraction of sp³-hybridized carbons (Fsp3) is 0.231. The molecule has 0 aliphatic heterocycles. The van der Waals surface area contributed by atoms with Crippen LogP contribution in [0.25, 0.3) is 0 Å². The summed E-state index contributed by atoms with van der Waals surface area (Å²) in [5, 5.41) is 17.6. The molecule has 98 valence electrons. The predicted octanol–water partition coefficient (Wildman–Crippen LogP) is 2.48. The lowest BCUT2D eigenvalue weighted by molar-refractivity contribution is 0.0696. The zero-order valence-corrected chi connectivity index (χ0v) is 11.4. The van der Waals surface area contributed by atoms with Crippen LogP contribution >= 0.6 is 11.8 Å².